The second-order valence-electron chi connectivity index (χ2n) is 17.5. The number of nitrogens with zero attached hydrogens (tertiary/aromatic N) is 3. The van der Waals surface area contributed by atoms with E-state index in [1.54, 1.807) is 13.0 Å². The molecule has 2 aromatic carbocycles. The minimum absolute atomic E-state index is 0.228. The highest BCUT2D eigenvalue weighted by Gasteiger charge is 2.49. The van der Waals surface area contributed by atoms with Gasteiger partial charge in [0.15, 0.2) is 0 Å². The number of carbonyl (C=O) groups is 1. The van der Waals surface area contributed by atoms with Crippen LogP contribution in [0.25, 0.3) is 0 Å². The Labute approximate surface area is 340 Å². The van der Waals surface area contributed by atoms with Crippen molar-refractivity contribution in [3.63, 3.8) is 0 Å². The van der Waals surface area contributed by atoms with E-state index in [1.165, 1.54) is 11.1 Å². The fourth-order valence-electron chi connectivity index (χ4n) is 9.39. The van der Waals surface area contributed by atoms with Gasteiger partial charge >= 0.3 is 0 Å². The van der Waals surface area contributed by atoms with Gasteiger partial charge in [0.2, 0.25) is 10.0 Å². The molecule has 2 bridgehead atoms. The molecule has 6 atom stereocenters. The van der Waals surface area contributed by atoms with E-state index in [0.29, 0.717) is 48.8 Å². The number of rotatable bonds is 5. The molecule has 0 radical (unpaired) electrons. The quantitative estimate of drug-likeness (QED) is 0.335. The Balaban J connectivity index is 1.27. The third kappa shape index (κ3) is 9.61. The average Bonchev–Trinajstić information content (AvgIpc) is 3.15. The molecular formula is C44H63ClN4O6S. The number of aryl methyl sites for hydroxylation is 1. The Kier molecular flexibility index (Phi) is 13.4. The number of amides is 1. The first-order valence-corrected chi connectivity index (χ1v) is 23.0. The van der Waals surface area contributed by atoms with Crippen molar-refractivity contribution in [1.82, 2.24) is 14.5 Å². The van der Waals surface area contributed by atoms with Crippen molar-refractivity contribution >= 4 is 33.2 Å². The number of sulfonamides is 1. The Bertz CT molecular complexity index is 1820. The molecule has 1 amide bonds. The van der Waals surface area contributed by atoms with Gasteiger partial charge in [-0.3, -0.25) is 14.6 Å². The number of morpholine rings is 1. The number of nitrogens with one attached hydrogen (secondary N) is 1. The normalized spacial score (nSPS) is 31.3. The number of benzene rings is 2. The number of carbonyl (C=O) groups excluding carboxylic acids is 1. The van der Waals surface area contributed by atoms with Crippen LogP contribution in [0.3, 0.4) is 0 Å². The zero-order chi connectivity index (χ0) is 39.5. The second-order valence-corrected chi connectivity index (χ2v) is 20.0. The van der Waals surface area contributed by atoms with Crippen LogP contribution in [0.4, 0.5) is 5.69 Å². The fraction of sp³-hybridized carbons (Fsp3) is 0.659. The standard InChI is InChI=1S/C44H63ClN4O6S/c1-31(2)28-55-44(30-47-19-20-48-21-23-53-29-39(48)27-47)17-7-8-32(3)33(4)56(51,52)46-43(50)36-12-15-42-41(25-36)49(26-37-11-14-40(37)44)18-6-5-9-35-24-38(45)13-10-34(35)16-22-54-42/h7,10,12-13,15,17,24-25,31-33,37,39-40H,5-6,8-9,11,14,16,18-23,26-30H2,1-4H3,(H,46,50)/b17-7+/t32-,33+,37-,39-,40+,44-/m0/s1. The van der Waals surface area contributed by atoms with Gasteiger partial charge in [-0.2, -0.15) is 0 Å². The summed E-state index contributed by atoms with van der Waals surface area (Å²) in [6.07, 6.45) is 10.8. The highest BCUT2D eigenvalue weighted by molar-refractivity contribution is 7.90. The summed E-state index contributed by atoms with van der Waals surface area (Å²) in [5, 5.41) is -0.0324. The maximum absolute atomic E-state index is 13.7. The lowest BCUT2D eigenvalue weighted by Crippen LogP contribution is -2.62. The first-order valence-electron chi connectivity index (χ1n) is 21.1. The van der Waals surface area contributed by atoms with E-state index >= 15 is 0 Å². The van der Waals surface area contributed by atoms with Crippen molar-refractivity contribution in [1.29, 1.82) is 0 Å². The SMILES string of the molecule is CC(C)CO[C@]1(CN2CCN3CCOC[C@@H]3C2)/C=C/C[C@H](C)[C@@H](C)S(=O)(=O)NC(=O)c2ccc3c(c2)N(CCCCc2cc(Cl)ccc2CCO3)C[C@@H]2CC[C@H]21. The number of anilines is 1. The Hall–Kier alpha value is -2.67. The minimum Gasteiger partial charge on any atom is -0.491 e. The van der Waals surface area contributed by atoms with Crippen LogP contribution in [0.5, 0.6) is 5.75 Å². The van der Waals surface area contributed by atoms with Crippen molar-refractivity contribution in [2.75, 3.05) is 77.1 Å². The van der Waals surface area contributed by atoms with Crippen LogP contribution >= 0.6 is 11.6 Å². The molecule has 4 aliphatic heterocycles. The second kappa shape index (κ2) is 18.1. The molecule has 10 nitrogen and oxygen atoms in total. The predicted octanol–water partition coefficient (Wildman–Crippen LogP) is 6.60. The van der Waals surface area contributed by atoms with Gasteiger partial charge < -0.3 is 19.1 Å². The van der Waals surface area contributed by atoms with Crippen LogP contribution in [0.1, 0.15) is 81.3 Å². The van der Waals surface area contributed by atoms with Gasteiger partial charge in [-0.25, -0.2) is 13.1 Å². The van der Waals surface area contributed by atoms with Crippen molar-refractivity contribution < 1.29 is 27.4 Å². The molecule has 1 N–H and O–H groups in total. The van der Waals surface area contributed by atoms with Crippen molar-refractivity contribution in [3.05, 3.63) is 70.3 Å². The molecule has 7 rings (SSSR count). The number of allylic oxidation sites excluding steroid dienone is 1. The Morgan fingerprint density at radius 2 is 1.84 bits per heavy atom. The lowest BCUT2D eigenvalue weighted by Gasteiger charge is -2.53. The van der Waals surface area contributed by atoms with E-state index in [2.05, 4.69) is 57.6 Å². The van der Waals surface area contributed by atoms with Gasteiger partial charge in [0.05, 0.1) is 37.4 Å². The summed E-state index contributed by atoms with van der Waals surface area (Å²) in [4.78, 5) is 21.3. The lowest BCUT2D eigenvalue weighted by molar-refractivity contribution is -0.130. The molecule has 3 fully saturated rings. The van der Waals surface area contributed by atoms with Gasteiger partial charge in [0.1, 0.15) is 11.4 Å². The smallest absolute Gasteiger partial charge is 0.264 e. The summed E-state index contributed by atoms with van der Waals surface area (Å²) in [6.45, 7) is 17.0. The summed E-state index contributed by atoms with van der Waals surface area (Å²) >= 11 is 6.45. The van der Waals surface area contributed by atoms with Crippen LogP contribution in [-0.4, -0.2) is 113 Å². The molecule has 4 heterocycles. The molecule has 0 spiro atoms. The van der Waals surface area contributed by atoms with E-state index in [0.717, 1.165) is 108 Å². The van der Waals surface area contributed by atoms with Gasteiger partial charge in [0.25, 0.3) is 5.91 Å². The van der Waals surface area contributed by atoms with Crippen LogP contribution in [-0.2, 0) is 32.3 Å². The van der Waals surface area contributed by atoms with Gasteiger partial charge in [-0.05, 0) is 111 Å². The van der Waals surface area contributed by atoms with Crippen LogP contribution < -0.4 is 14.4 Å². The van der Waals surface area contributed by atoms with Crippen molar-refractivity contribution in [3.8, 4) is 5.75 Å². The third-order valence-electron chi connectivity index (χ3n) is 13.1. The Morgan fingerprint density at radius 3 is 2.64 bits per heavy atom. The number of ether oxygens (including phenoxy) is 3. The molecule has 2 aromatic rings. The van der Waals surface area contributed by atoms with E-state index in [4.69, 9.17) is 25.8 Å². The number of hydrogen-bond acceptors (Lipinski definition) is 9. The van der Waals surface area contributed by atoms with Crippen molar-refractivity contribution in [2.24, 2.45) is 23.7 Å². The average molecular weight is 812 g/mol. The third-order valence-corrected chi connectivity index (χ3v) is 15.2. The highest BCUT2D eigenvalue weighted by Crippen LogP contribution is 2.47. The predicted molar refractivity (Wildman–Crippen MR) is 223 cm³/mol. The van der Waals surface area contributed by atoms with Gasteiger partial charge in [-0.1, -0.05) is 50.6 Å². The first-order chi connectivity index (χ1) is 26.9. The van der Waals surface area contributed by atoms with E-state index < -0.39 is 26.8 Å². The molecule has 1 saturated carbocycles. The number of piperazine rings is 1. The molecule has 0 aromatic heterocycles. The number of hydrogen-bond donors (Lipinski definition) is 1. The maximum Gasteiger partial charge on any atom is 0.264 e. The molecule has 0 unspecified atom stereocenters. The summed E-state index contributed by atoms with van der Waals surface area (Å²) in [5.74, 6) is 0.816. The summed E-state index contributed by atoms with van der Waals surface area (Å²) in [7, 11) is -3.97. The zero-order valence-electron chi connectivity index (χ0n) is 33.9. The minimum atomic E-state index is -3.97. The summed E-state index contributed by atoms with van der Waals surface area (Å²) in [5.41, 5.74) is 3.11. The number of halogens is 1. The van der Waals surface area contributed by atoms with Gasteiger partial charge in [-0.15, -0.1) is 0 Å². The van der Waals surface area contributed by atoms with Crippen LogP contribution in [0, 0.1) is 23.7 Å². The molecule has 2 saturated heterocycles. The van der Waals surface area contributed by atoms with Crippen LogP contribution in [0.15, 0.2) is 48.6 Å². The highest BCUT2D eigenvalue weighted by atomic mass is 35.5. The topological polar surface area (TPSA) is 101 Å². The fourth-order valence-corrected chi connectivity index (χ4v) is 10.9. The largest absolute Gasteiger partial charge is 0.491 e. The van der Waals surface area contributed by atoms with E-state index in [-0.39, 0.29) is 11.8 Å². The molecule has 12 heteroatoms. The summed E-state index contributed by atoms with van der Waals surface area (Å²) in [6, 6.07) is 11.9. The zero-order valence-corrected chi connectivity index (χ0v) is 35.5. The molecular weight excluding hydrogens is 748 g/mol. The van der Waals surface area contributed by atoms with E-state index in [9.17, 15) is 13.2 Å². The van der Waals surface area contributed by atoms with Crippen molar-refractivity contribution in [2.45, 2.75) is 89.5 Å². The van der Waals surface area contributed by atoms with Gasteiger partial charge in [0, 0.05) is 68.9 Å². The first kappa shape index (κ1) is 41.5. The summed E-state index contributed by atoms with van der Waals surface area (Å²) < 4.78 is 49.6. The Morgan fingerprint density at radius 1 is 0.982 bits per heavy atom. The van der Waals surface area contributed by atoms with Crippen LogP contribution in [0.2, 0.25) is 5.02 Å². The monoisotopic (exact) mass is 810 g/mol. The van der Waals surface area contributed by atoms with E-state index in [1.807, 2.05) is 25.1 Å². The molecule has 308 valence electrons. The molecule has 56 heavy (non-hydrogen) atoms. The lowest BCUT2D eigenvalue weighted by atomic mass is 9.63. The maximum atomic E-state index is 13.7. The molecule has 1 aliphatic carbocycles. The number of fused-ring (bicyclic) bond motifs is 4. The molecule has 5 aliphatic rings.